The SMILES string of the molecule is Cc1ccc(C[C@@H](NC(=O)[C@H](CO)NC(=O)OCc2ccccc2)C(=O)O)cc1. The number of aliphatic hydroxyl groups excluding tert-OH is 1. The first-order valence-electron chi connectivity index (χ1n) is 9.06. The Bertz CT molecular complexity index is 823. The molecule has 2 atom stereocenters. The molecule has 29 heavy (non-hydrogen) atoms. The van der Waals surface area contributed by atoms with Gasteiger partial charge in [0.1, 0.15) is 18.7 Å². The number of aryl methyl sites for hydroxylation is 1. The average Bonchev–Trinajstić information content (AvgIpc) is 2.72. The van der Waals surface area contributed by atoms with Gasteiger partial charge in [-0.3, -0.25) is 4.79 Å². The number of hydrogen-bond donors (Lipinski definition) is 4. The topological polar surface area (TPSA) is 125 Å². The molecule has 2 aromatic rings. The molecule has 2 amide bonds. The molecule has 0 saturated heterocycles. The van der Waals surface area contributed by atoms with E-state index < -0.39 is 36.7 Å². The second-order valence-corrected chi connectivity index (χ2v) is 6.53. The second kappa shape index (κ2) is 10.8. The lowest BCUT2D eigenvalue weighted by atomic mass is 10.0. The van der Waals surface area contributed by atoms with Crippen molar-refractivity contribution in [3.05, 3.63) is 71.3 Å². The summed E-state index contributed by atoms with van der Waals surface area (Å²) in [4.78, 5) is 35.7. The van der Waals surface area contributed by atoms with E-state index in [1.54, 1.807) is 36.4 Å². The molecule has 154 valence electrons. The monoisotopic (exact) mass is 400 g/mol. The van der Waals surface area contributed by atoms with Gasteiger partial charge in [-0.1, -0.05) is 60.2 Å². The quantitative estimate of drug-likeness (QED) is 0.504. The van der Waals surface area contributed by atoms with Crippen LogP contribution in [0.4, 0.5) is 4.79 Å². The fourth-order valence-corrected chi connectivity index (χ4v) is 2.53. The molecule has 0 aliphatic rings. The number of carboxylic acids is 1. The van der Waals surface area contributed by atoms with Gasteiger partial charge >= 0.3 is 12.1 Å². The van der Waals surface area contributed by atoms with Gasteiger partial charge in [0.05, 0.1) is 6.61 Å². The summed E-state index contributed by atoms with van der Waals surface area (Å²) in [5, 5.41) is 23.4. The molecular weight excluding hydrogens is 376 g/mol. The summed E-state index contributed by atoms with van der Waals surface area (Å²) in [7, 11) is 0. The van der Waals surface area contributed by atoms with Crippen molar-refractivity contribution in [1.29, 1.82) is 0 Å². The fourth-order valence-electron chi connectivity index (χ4n) is 2.53. The van der Waals surface area contributed by atoms with Gasteiger partial charge in [-0.25, -0.2) is 9.59 Å². The molecule has 0 spiro atoms. The van der Waals surface area contributed by atoms with Crippen LogP contribution >= 0.6 is 0 Å². The lowest BCUT2D eigenvalue weighted by molar-refractivity contribution is -0.142. The number of aliphatic carboxylic acids is 1. The Morgan fingerprint density at radius 2 is 1.59 bits per heavy atom. The maximum absolute atomic E-state index is 12.3. The van der Waals surface area contributed by atoms with Gasteiger partial charge in [-0.15, -0.1) is 0 Å². The number of nitrogens with one attached hydrogen (secondary N) is 2. The van der Waals surface area contributed by atoms with Crippen LogP contribution in [0.3, 0.4) is 0 Å². The third-order valence-corrected chi connectivity index (χ3v) is 4.18. The minimum Gasteiger partial charge on any atom is -0.480 e. The molecule has 8 heteroatoms. The standard InChI is InChI=1S/C21H24N2O6/c1-14-7-9-15(10-8-14)11-17(20(26)27)22-19(25)18(12-24)23-21(28)29-13-16-5-3-2-4-6-16/h2-10,17-18,24H,11-13H2,1H3,(H,22,25)(H,23,28)(H,26,27)/t17-,18+/m1/s1. The molecule has 0 aliphatic heterocycles. The Kier molecular flexibility index (Phi) is 8.17. The maximum Gasteiger partial charge on any atom is 0.408 e. The Morgan fingerprint density at radius 3 is 2.17 bits per heavy atom. The first-order chi connectivity index (χ1) is 13.9. The zero-order chi connectivity index (χ0) is 21.2. The van der Waals surface area contributed by atoms with Gasteiger partial charge in [0.25, 0.3) is 0 Å². The molecule has 2 aromatic carbocycles. The summed E-state index contributed by atoms with van der Waals surface area (Å²) in [6.45, 7) is 1.20. The Hall–Kier alpha value is -3.39. The Balaban J connectivity index is 1.91. The maximum atomic E-state index is 12.3. The van der Waals surface area contributed by atoms with Crippen molar-refractivity contribution < 1.29 is 29.3 Å². The zero-order valence-corrected chi connectivity index (χ0v) is 16.0. The summed E-state index contributed by atoms with van der Waals surface area (Å²) >= 11 is 0. The number of benzene rings is 2. The smallest absolute Gasteiger partial charge is 0.408 e. The van der Waals surface area contributed by atoms with Crippen LogP contribution in [0, 0.1) is 6.92 Å². The lowest BCUT2D eigenvalue weighted by Gasteiger charge is -2.20. The lowest BCUT2D eigenvalue weighted by Crippen LogP contribution is -2.53. The molecule has 0 radical (unpaired) electrons. The van der Waals surface area contributed by atoms with Crippen molar-refractivity contribution in [2.45, 2.75) is 32.0 Å². The predicted octanol–water partition coefficient (Wildman–Crippen LogP) is 1.39. The number of hydrogen-bond acceptors (Lipinski definition) is 5. The summed E-state index contributed by atoms with van der Waals surface area (Å²) in [5.41, 5.74) is 2.53. The number of rotatable bonds is 9. The third kappa shape index (κ3) is 7.27. The van der Waals surface area contributed by atoms with E-state index in [-0.39, 0.29) is 13.0 Å². The van der Waals surface area contributed by atoms with Gasteiger partial charge in [-0.05, 0) is 18.1 Å². The van der Waals surface area contributed by atoms with Crippen LogP contribution in [0.25, 0.3) is 0 Å². The summed E-state index contributed by atoms with van der Waals surface area (Å²) in [5.74, 6) is -2.04. The molecule has 0 saturated carbocycles. The highest BCUT2D eigenvalue weighted by Crippen LogP contribution is 2.07. The number of ether oxygens (including phenoxy) is 1. The van der Waals surface area contributed by atoms with Crippen LogP contribution in [0.5, 0.6) is 0 Å². The second-order valence-electron chi connectivity index (χ2n) is 6.53. The highest BCUT2D eigenvalue weighted by molar-refractivity contribution is 5.89. The average molecular weight is 400 g/mol. The molecular formula is C21H24N2O6. The number of carbonyl (C=O) groups is 3. The van der Waals surface area contributed by atoms with E-state index in [1.165, 1.54) is 0 Å². The van der Waals surface area contributed by atoms with Gasteiger partial charge in [0.2, 0.25) is 5.91 Å². The molecule has 4 N–H and O–H groups in total. The first-order valence-corrected chi connectivity index (χ1v) is 9.06. The van der Waals surface area contributed by atoms with Gasteiger partial charge in [0, 0.05) is 6.42 Å². The Morgan fingerprint density at radius 1 is 0.931 bits per heavy atom. The van der Waals surface area contributed by atoms with E-state index in [9.17, 15) is 24.6 Å². The number of carbonyl (C=O) groups excluding carboxylic acids is 2. The van der Waals surface area contributed by atoms with E-state index in [0.717, 1.165) is 16.7 Å². The van der Waals surface area contributed by atoms with Gasteiger partial charge in [-0.2, -0.15) is 0 Å². The number of amides is 2. The van der Waals surface area contributed by atoms with Crippen LogP contribution in [0.1, 0.15) is 16.7 Å². The number of aliphatic hydroxyl groups is 1. The van der Waals surface area contributed by atoms with Crippen molar-refractivity contribution in [2.75, 3.05) is 6.61 Å². The fraction of sp³-hybridized carbons (Fsp3) is 0.286. The van der Waals surface area contributed by atoms with Crippen LogP contribution in [0.15, 0.2) is 54.6 Å². The van der Waals surface area contributed by atoms with Gasteiger partial charge < -0.3 is 25.6 Å². The largest absolute Gasteiger partial charge is 0.480 e. The van der Waals surface area contributed by atoms with Crippen molar-refractivity contribution in [3.63, 3.8) is 0 Å². The first kappa shape index (κ1) is 21.9. The van der Waals surface area contributed by atoms with Crippen LogP contribution in [0.2, 0.25) is 0 Å². The molecule has 8 nitrogen and oxygen atoms in total. The zero-order valence-electron chi connectivity index (χ0n) is 16.0. The van der Waals surface area contributed by atoms with E-state index in [1.807, 2.05) is 25.1 Å². The van der Waals surface area contributed by atoms with Crippen molar-refractivity contribution >= 4 is 18.0 Å². The highest BCUT2D eigenvalue weighted by atomic mass is 16.5. The van der Waals surface area contributed by atoms with E-state index >= 15 is 0 Å². The molecule has 0 bridgehead atoms. The van der Waals surface area contributed by atoms with E-state index in [2.05, 4.69) is 10.6 Å². The molecule has 0 aromatic heterocycles. The number of alkyl carbamates (subject to hydrolysis) is 1. The van der Waals surface area contributed by atoms with E-state index in [0.29, 0.717) is 0 Å². The van der Waals surface area contributed by atoms with Crippen molar-refractivity contribution in [2.24, 2.45) is 0 Å². The van der Waals surface area contributed by atoms with Crippen LogP contribution < -0.4 is 10.6 Å². The minimum atomic E-state index is -1.34. The molecule has 2 rings (SSSR count). The van der Waals surface area contributed by atoms with Gasteiger partial charge in [0.15, 0.2) is 0 Å². The summed E-state index contributed by atoms with van der Waals surface area (Å²) in [6.07, 6.45) is -0.828. The summed E-state index contributed by atoms with van der Waals surface area (Å²) < 4.78 is 5.01. The third-order valence-electron chi connectivity index (χ3n) is 4.18. The number of carboxylic acid groups (broad SMARTS) is 1. The predicted molar refractivity (Wildman–Crippen MR) is 105 cm³/mol. The minimum absolute atomic E-state index is 0.00237. The highest BCUT2D eigenvalue weighted by Gasteiger charge is 2.26. The van der Waals surface area contributed by atoms with Crippen LogP contribution in [-0.2, 0) is 27.4 Å². The summed E-state index contributed by atoms with van der Waals surface area (Å²) in [6, 6.07) is 13.7. The van der Waals surface area contributed by atoms with Crippen LogP contribution in [-0.4, -0.2) is 46.9 Å². The van der Waals surface area contributed by atoms with E-state index in [4.69, 9.17) is 4.74 Å². The molecule has 0 fully saturated rings. The molecule has 0 heterocycles. The normalized spacial score (nSPS) is 12.5. The molecule has 0 aliphatic carbocycles. The van der Waals surface area contributed by atoms with Crippen molar-refractivity contribution in [3.8, 4) is 0 Å². The molecule has 0 unspecified atom stereocenters. The Labute approximate surface area is 168 Å². The van der Waals surface area contributed by atoms with Crippen molar-refractivity contribution in [1.82, 2.24) is 10.6 Å².